The molecular weight excluding hydrogens is 304 g/mol. The van der Waals surface area contributed by atoms with Crippen molar-refractivity contribution >= 4 is 11.3 Å². The highest BCUT2D eigenvalue weighted by Gasteiger charge is 2.49. The minimum absolute atomic E-state index is 0.0224. The zero-order chi connectivity index (χ0) is 15.5. The number of ether oxygens (including phenoxy) is 1. The second-order valence-electron chi connectivity index (χ2n) is 7.43. The van der Waals surface area contributed by atoms with Gasteiger partial charge in [-0.1, -0.05) is 0 Å². The molecule has 3 atom stereocenters. The van der Waals surface area contributed by atoms with Crippen LogP contribution in [0.2, 0.25) is 0 Å². The Balaban J connectivity index is 1.65. The van der Waals surface area contributed by atoms with E-state index in [9.17, 15) is 8.78 Å². The van der Waals surface area contributed by atoms with E-state index in [0.29, 0.717) is 12.1 Å². The molecule has 122 valence electrons. The van der Waals surface area contributed by atoms with Gasteiger partial charge in [0.2, 0.25) is 5.92 Å². The highest BCUT2D eigenvalue weighted by molar-refractivity contribution is 7.12. The van der Waals surface area contributed by atoms with Crippen molar-refractivity contribution in [3.05, 3.63) is 21.4 Å². The molecule has 2 nitrogen and oxygen atoms in total. The highest BCUT2D eigenvalue weighted by atomic mass is 32.1. The second kappa shape index (κ2) is 4.99. The van der Waals surface area contributed by atoms with Crippen molar-refractivity contribution < 1.29 is 13.5 Å². The van der Waals surface area contributed by atoms with Gasteiger partial charge in [0.15, 0.2) is 0 Å². The first kappa shape index (κ1) is 15.0. The minimum atomic E-state index is -2.44. The Morgan fingerprint density at radius 1 is 1.18 bits per heavy atom. The van der Waals surface area contributed by atoms with Gasteiger partial charge in [-0.15, -0.1) is 11.3 Å². The molecular formula is C17H23F2NOS. The predicted molar refractivity (Wildman–Crippen MR) is 83.9 cm³/mol. The maximum Gasteiger partial charge on any atom is 0.249 e. The SMILES string of the molecule is C[C@@H]1CC2(C[C@H](C)N1)OCCc1cc(C3CC(F)(F)C3)sc12. The normalized spacial score (nSPS) is 37.8. The van der Waals surface area contributed by atoms with Crippen LogP contribution >= 0.6 is 11.3 Å². The van der Waals surface area contributed by atoms with Gasteiger partial charge in [0.05, 0.1) is 6.61 Å². The van der Waals surface area contributed by atoms with Gasteiger partial charge >= 0.3 is 0 Å². The third kappa shape index (κ3) is 2.42. The third-order valence-corrected chi connectivity index (χ3v) is 6.85. The lowest BCUT2D eigenvalue weighted by atomic mass is 9.79. The fourth-order valence-corrected chi connectivity index (χ4v) is 5.96. The van der Waals surface area contributed by atoms with Crippen LogP contribution in [0.25, 0.3) is 0 Å². The first-order chi connectivity index (χ1) is 10.4. The van der Waals surface area contributed by atoms with Crippen LogP contribution in [-0.2, 0) is 16.8 Å². The first-order valence-electron chi connectivity index (χ1n) is 8.28. The van der Waals surface area contributed by atoms with Gasteiger partial charge in [-0.05, 0) is 44.7 Å². The van der Waals surface area contributed by atoms with E-state index < -0.39 is 5.92 Å². The lowest BCUT2D eigenvalue weighted by Crippen LogP contribution is -2.52. The Labute approximate surface area is 134 Å². The highest BCUT2D eigenvalue weighted by Crippen LogP contribution is 2.53. The quantitative estimate of drug-likeness (QED) is 0.835. The molecule has 3 aliphatic rings. The number of hydrogen-bond donors (Lipinski definition) is 1. The van der Waals surface area contributed by atoms with Crippen molar-refractivity contribution in [1.82, 2.24) is 5.32 Å². The third-order valence-electron chi connectivity index (χ3n) is 5.32. The summed E-state index contributed by atoms with van der Waals surface area (Å²) in [6.07, 6.45) is 2.92. The maximum atomic E-state index is 13.2. The van der Waals surface area contributed by atoms with E-state index in [-0.39, 0.29) is 24.4 Å². The molecule has 0 aromatic carbocycles. The van der Waals surface area contributed by atoms with Gasteiger partial charge in [0, 0.05) is 40.6 Å². The Bertz CT molecular complexity index is 567. The molecule has 0 amide bonds. The molecule has 2 aliphatic heterocycles. The Kier molecular flexibility index (Phi) is 3.41. The average molecular weight is 327 g/mol. The Morgan fingerprint density at radius 2 is 1.86 bits per heavy atom. The van der Waals surface area contributed by atoms with Crippen LogP contribution in [0.3, 0.4) is 0 Å². The molecule has 0 radical (unpaired) electrons. The van der Waals surface area contributed by atoms with Crippen LogP contribution in [0, 0.1) is 0 Å². The van der Waals surface area contributed by atoms with E-state index in [2.05, 4.69) is 25.2 Å². The van der Waals surface area contributed by atoms with Crippen LogP contribution < -0.4 is 5.32 Å². The number of fused-ring (bicyclic) bond motifs is 2. The fraction of sp³-hybridized carbons (Fsp3) is 0.765. The fourth-order valence-electron chi connectivity index (χ4n) is 4.49. The number of alkyl halides is 2. The lowest BCUT2D eigenvalue weighted by Gasteiger charge is -2.45. The van der Waals surface area contributed by atoms with Crippen molar-refractivity contribution in [2.24, 2.45) is 0 Å². The van der Waals surface area contributed by atoms with Crippen molar-refractivity contribution in [2.75, 3.05) is 6.61 Å². The van der Waals surface area contributed by atoms with E-state index in [0.717, 1.165) is 30.7 Å². The van der Waals surface area contributed by atoms with E-state index in [1.165, 1.54) is 10.4 Å². The number of thiophene rings is 1. The van der Waals surface area contributed by atoms with Crippen LogP contribution in [0.5, 0.6) is 0 Å². The summed E-state index contributed by atoms with van der Waals surface area (Å²) in [7, 11) is 0. The maximum absolute atomic E-state index is 13.2. The molecule has 5 heteroatoms. The lowest BCUT2D eigenvalue weighted by molar-refractivity contribution is -0.0933. The van der Waals surface area contributed by atoms with Crippen molar-refractivity contribution in [3.63, 3.8) is 0 Å². The van der Waals surface area contributed by atoms with E-state index in [1.54, 1.807) is 11.3 Å². The minimum Gasteiger partial charge on any atom is -0.369 e. The smallest absolute Gasteiger partial charge is 0.249 e. The predicted octanol–water partition coefficient (Wildman–Crippen LogP) is 4.19. The number of nitrogens with one attached hydrogen (secondary N) is 1. The van der Waals surface area contributed by atoms with Crippen LogP contribution in [-0.4, -0.2) is 24.6 Å². The monoisotopic (exact) mass is 327 g/mol. The van der Waals surface area contributed by atoms with Gasteiger partial charge in [-0.2, -0.15) is 0 Å². The standard InChI is InChI=1S/C17H23F2NOS/c1-10-6-16(7-11(2)20-10)15-12(3-4-21-16)5-14(22-15)13-8-17(18,19)9-13/h5,10-11,13,20H,3-4,6-9H2,1-2H3/t10-,11+,16?. The van der Waals surface area contributed by atoms with Crippen LogP contribution in [0.15, 0.2) is 6.07 Å². The molecule has 1 N–H and O–H groups in total. The van der Waals surface area contributed by atoms with Crippen molar-refractivity contribution in [3.8, 4) is 0 Å². The number of hydrogen-bond acceptors (Lipinski definition) is 3. The first-order valence-corrected chi connectivity index (χ1v) is 9.09. The summed E-state index contributed by atoms with van der Waals surface area (Å²) in [5.74, 6) is -2.39. The summed E-state index contributed by atoms with van der Waals surface area (Å²) in [4.78, 5) is 2.48. The summed E-state index contributed by atoms with van der Waals surface area (Å²) in [5.41, 5.74) is 1.16. The molecule has 1 spiro atoms. The van der Waals surface area contributed by atoms with Crippen molar-refractivity contribution in [2.45, 2.75) is 75.5 Å². The molecule has 1 aliphatic carbocycles. The zero-order valence-electron chi connectivity index (χ0n) is 13.1. The second-order valence-corrected chi connectivity index (χ2v) is 8.52. The van der Waals surface area contributed by atoms with Crippen molar-refractivity contribution in [1.29, 1.82) is 0 Å². The summed E-state index contributed by atoms with van der Waals surface area (Å²) < 4.78 is 32.6. The molecule has 22 heavy (non-hydrogen) atoms. The molecule has 1 saturated heterocycles. The zero-order valence-corrected chi connectivity index (χ0v) is 13.9. The Hall–Kier alpha value is -0.520. The molecule has 4 rings (SSSR count). The molecule has 0 bridgehead atoms. The Morgan fingerprint density at radius 3 is 2.50 bits per heavy atom. The molecule has 2 fully saturated rings. The summed E-state index contributed by atoms with van der Waals surface area (Å²) in [6, 6.07) is 3.04. The van der Waals surface area contributed by atoms with E-state index in [1.807, 2.05) is 0 Å². The number of piperidine rings is 1. The van der Waals surface area contributed by atoms with Gasteiger partial charge in [-0.25, -0.2) is 8.78 Å². The van der Waals surface area contributed by atoms with Gasteiger partial charge in [0.1, 0.15) is 5.60 Å². The summed E-state index contributed by atoms with van der Waals surface area (Å²) in [5, 5.41) is 3.57. The largest absolute Gasteiger partial charge is 0.369 e. The van der Waals surface area contributed by atoms with E-state index in [4.69, 9.17) is 4.74 Å². The van der Waals surface area contributed by atoms with Gasteiger partial charge in [0.25, 0.3) is 0 Å². The molecule has 1 saturated carbocycles. The topological polar surface area (TPSA) is 21.3 Å². The van der Waals surface area contributed by atoms with Crippen LogP contribution in [0.4, 0.5) is 8.78 Å². The summed E-state index contributed by atoms with van der Waals surface area (Å²) >= 11 is 1.74. The average Bonchev–Trinajstić information content (AvgIpc) is 2.80. The number of rotatable bonds is 1. The molecule has 1 aromatic heterocycles. The van der Waals surface area contributed by atoms with E-state index >= 15 is 0 Å². The molecule has 1 unspecified atom stereocenters. The van der Waals surface area contributed by atoms with Gasteiger partial charge < -0.3 is 10.1 Å². The summed E-state index contributed by atoms with van der Waals surface area (Å²) in [6.45, 7) is 5.16. The number of halogens is 2. The van der Waals surface area contributed by atoms with Crippen LogP contribution in [0.1, 0.15) is 60.8 Å². The molecule has 3 heterocycles. The van der Waals surface area contributed by atoms with Gasteiger partial charge in [-0.3, -0.25) is 0 Å². The molecule has 1 aromatic rings.